The molecular formula is C21H19ClN6O. The minimum atomic E-state index is -0.237. The second-order valence-electron chi connectivity index (χ2n) is 7.25. The zero-order valence-electron chi connectivity index (χ0n) is 15.8. The molecule has 5 rings (SSSR count). The highest BCUT2D eigenvalue weighted by Gasteiger charge is 2.41. The third-order valence-corrected chi connectivity index (χ3v) is 5.63. The van der Waals surface area contributed by atoms with Gasteiger partial charge in [0.1, 0.15) is 5.82 Å². The van der Waals surface area contributed by atoms with Crippen LogP contribution >= 0.6 is 11.6 Å². The van der Waals surface area contributed by atoms with Crippen LogP contribution in [0, 0.1) is 6.92 Å². The molecule has 146 valence electrons. The van der Waals surface area contributed by atoms with Gasteiger partial charge in [0.2, 0.25) is 0 Å². The van der Waals surface area contributed by atoms with Crippen LogP contribution in [0.2, 0.25) is 5.02 Å². The van der Waals surface area contributed by atoms with Crippen LogP contribution in [-0.2, 0) is 0 Å². The lowest BCUT2D eigenvalue weighted by atomic mass is 10.1. The third kappa shape index (κ3) is 3.17. The van der Waals surface area contributed by atoms with E-state index < -0.39 is 0 Å². The van der Waals surface area contributed by atoms with Gasteiger partial charge in [-0.25, -0.2) is 14.8 Å². The smallest absolute Gasteiger partial charge is 0.329 e. The molecule has 0 aromatic carbocycles. The maximum atomic E-state index is 13.2. The maximum Gasteiger partial charge on any atom is 0.329 e. The van der Waals surface area contributed by atoms with E-state index in [9.17, 15) is 4.79 Å². The Balaban J connectivity index is 1.57. The first-order valence-corrected chi connectivity index (χ1v) is 9.88. The minimum Gasteiger partial charge on any atom is -0.366 e. The molecule has 0 unspecified atom stereocenters. The summed E-state index contributed by atoms with van der Waals surface area (Å²) in [7, 11) is 0. The van der Waals surface area contributed by atoms with E-state index in [1.54, 1.807) is 23.4 Å². The van der Waals surface area contributed by atoms with E-state index in [2.05, 4.69) is 20.2 Å². The molecule has 2 amide bonds. The molecule has 2 aliphatic rings. The van der Waals surface area contributed by atoms with Gasteiger partial charge in [-0.3, -0.25) is 15.2 Å². The topological polar surface area (TPSA) is 74.2 Å². The molecule has 1 N–H and O–H groups in total. The van der Waals surface area contributed by atoms with Crippen molar-refractivity contribution < 1.29 is 4.79 Å². The predicted molar refractivity (Wildman–Crippen MR) is 114 cm³/mol. The fourth-order valence-electron chi connectivity index (χ4n) is 3.90. The summed E-state index contributed by atoms with van der Waals surface area (Å²) in [6.45, 7) is 3.57. The van der Waals surface area contributed by atoms with Crippen molar-refractivity contribution in [2.45, 2.75) is 19.4 Å². The van der Waals surface area contributed by atoms with Crippen LogP contribution in [0.1, 0.15) is 12.1 Å². The van der Waals surface area contributed by atoms with E-state index in [-0.39, 0.29) is 12.1 Å². The molecule has 0 saturated carbocycles. The molecule has 3 aromatic rings. The monoisotopic (exact) mass is 406 g/mol. The van der Waals surface area contributed by atoms with E-state index in [1.165, 1.54) is 0 Å². The molecule has 8 heteroatoms. The zero-order chi connectivity index (χ0) is 20.0. The molecule has 0 radical (unpaired) electrons. The maximum absolute atomic E-state index is 13.2. The van der Waals surface area contributed by atoms with E-state index >= 15 is 0 Å². The first-order chi connectivity index (χ1) is 14.1. The van der Waals surface area contributed by atoms with Gasteiger partial charge in [0.05, 0.1) is 22.4 Å². The van der Waals surface area contributed by atoms with Gasteiger partial charge < -0.3 is 4.90 Å². The Morgan fingerprint density at radius 1 is 1.24 bits per heavy atom. The standard InChI is InChI=1S/C21H19ClN6O/c1-13-5-6-14(11-24-13)19-16(22)10-17-20(26-19)28(15-7-9-27(17)12-15)21(29)25-18-4-2-3-8-23-18/h2-6,8,10-11,15H,7,9,12H2,1H3,(H,23,25,29)/t15-/m0/s1. The second-order valence-corrected chi connectivity index (χ2v) is 7.66. The van der Waals surface area contributed by atoms with Crippen molar-refractivity contribution in [1.29, 1.82) is 0 Å². The minimum absolute atomic E-state index is 0.0591. The normalized spacial score (nSPS) is 17.2. The number of nitrogens with one attached hydrogen (secondary N) is 1. The van der Waals surface area contributed by atoms with Crippen LogP contribution in [0.5, 0.6) is 0 Å². The summed E-state index contributed by atoms with van der Waals surface area (Å²) >= 11 is 6.58. The Morgan fingerprint density at radius 2 is 2.14 bits per heavy atom. The Kier molecular flexibility index (Phi) is 4.32. The number of rotatable bonds is 2. The van der Waals surface area contributed by atoms with Crippen molar-refractivity contribution >= 4 is 35.0 Å². The number of amides is 2. The number of hydrogen-bond donors (Lipinski definition) is 1. The third-order valence-electron chi connectivity index (χ3n) is 5.34. The summed E-state index contributed by atoms with van der Waals surface area (Å²) in [5, 5.41) is 3.43. The lowest BCUT2D eigenvalue weighted by Crippen LogP contribution is -2.48. The van der Waals surface area contributed by atoms with Gasteiger partial charge in [-0.05, 0) is 43.7 Å². The van der Waals surface area contributed by atoms with Gasteiger partial charge in [-0.2, -0.15) is 0 Å². The molecule has 5 heterocycles. The van der Waals surface area contributed by atoms with E-state index in [0.29, 0.717) is 22.4 Å². The summed E-state index contributed by atoms with van der Waals surface area (Å²) < 4.78 is 0. The van der Waals surface area contributed by atoms with Crippen molar-refractivity contribution in [1.82, 2.24) is 15.0 Å². The molecule has 0 spiro atoms. The van der Waals surface area contributed by atoms with Gasteiger partial charge in [-0.15, -0.1) is 0 Å². The summed E-state index contributed by atoms with van der Waals surface area (Å²) in [4.78, 5) is 30.5. The highest BCUT2D eigenvalue weighted by molar-refractivity contribution is 6.33. The summed E-state index contributed by atoms with van der Waals surface area (Å²) in [6, 6.07) is 11.0. The Labute approximate surface area is 173 Å². The highest BCUT2D eigenvalue weighted by atomic mass is 35.5. The van der Waals surface area contributed by atoms with Crippen LogP contribution in [0.3, 0.4) is 0 Å². The van der Waals surface area contributed by atoms with Gasteiger partial charge in [-0.1, -0.05) is 17.7 Å². The van der Waals surface area contributed by atoms with Crippen LogP contribution < -0.4 is 15.1 Å². The molecule has 1 saturated heterocycles. The van der Waals surface area contributed by atoms with Crippen molar-refractivity contribution in [3.05, 3.63) is 59.5 Å². The molecule has 3 aromatic heterocycles. The number of halogens is 1. The second kappa shape index (κ2) is 7.00. The average molecular weight is 407 g/mol. The van der Waals surface area contributed by atoms with Gasteiger partial charge in [0.25, 0.3) is 0 Å². The molecular weight excluding hydrogens is 388 g/mol. The first kappa shape index (κ1) is 17.9. The number of fused-ring (bicyclic) bond motifs is 4. The van der Waals surface area contributed by atoms with E-state index in [1.807, 2.05) is 37.3 Å². The number of urea groups is 1. The molecule has 29 heavy (non-hydrogen) atoms. The van der Waals surface area contributed by atoms with Crippen molar-refractivity contribution in [3.63, 3.8) is 0 Å². The molecule has 1 atom stereocenters. The largest absolute Gasteiger partial charge is 0.366 e. The van der Waals surface area contributed by atoms with E-state index in [4.69, 9.17) is 16.6 Å². The number of aryl methyl sites for hydroxylation is 1. The summed E-state index contributed by atoms with van der Waals surface area (Å²) in [5.74, 6) is 1.13. The van der Waals surface area contributed by atoms with Crippen LogP contribution in [0.15, 0.2) is 48.8 Å². The lowest BCUT2D eigenvalue weighted by molar-refractivity contribution is 0.254. The van der Waals surface area contributed by atoms with Crippen molar-refractivity contribution in [3.8, 4) is 11.3 Å². The number of nitrogens with zero attached hydrogens (tertiary/aromatic N) is 5. The predicted octanol–water partition coefficient (Wildman–Crippen LogP) is 4.13. The lowest BCUT2D eigenvalue weighted by Gasteiger charge is -2.36. The Bertz CT molecular complexity index is 1070. The number of aromatic nitrogens is 3. The number of anilines is 3. The Hall–Kier alpha value is -3.19. The molecule has 1 fully saturated rings. The fraction of sp³-hybridized carbons (Fsp3) is 0.238. The molecule has 2 aliphatic heterocycles. The fourth-order valence-corrected chi connectivity index (χ4v) is 4.16. The zero-order valence-corrected chi connectivity index (χ0v) is 16.6. The SMILES string of the molecule is Cc1ccc(-c2nc3c(cc2Cl)N2CC[C@@H](C2)N3C(=O)Nc2ccccn2)cn1. The first-order valence-electron chi connectivity index (χ1n) is 9.50. The summed E-state index contributed by atoms with van der Waals surface area (Å²) in [5.41, 5.74) is 3.24. The van der Waals surface area contributed by atoms with Crippen LogP contribution in [0.4, 0.5) is 22.1 Å². The van der Waals surface area contributed by atoms with Crippen molar-refractivity contribution in [2.24, 2.45) is 0 Å². The summed E-state index contributed by atoms with van der Waals surface area (Å²) in [6.07, 6.45) is 4.29. The van der Waals surface area contributed by atoms with Gasteiger partial charge >= 0.3 is 6.03 Å². The number of carbonyl (C=O) groups excluding carboxylic acids is 1. The molecule has 0 aliphatic carbocycles. The number of hydrogen-bond acceptors (Lipinski definition) is 5. The number of pyridine rings is 3. The Morgan fingerprint density at radius 3 is 2.90 bits per heavy atom. The van der Waals surface area contributed by atoms with Gasteiger partial charge in [0, 0.05) is 36.7 Å². The van der Waals surface area contributed by atoms with Crippen LogP contribution in [0.25, 0.3) is 11.3 Å². The average Bonchev–Trinajstić information content (AvgIpc) is 3.14. The highest BCUT2D eigenvalue weighted by Crippen LogP contribution is 2.43. The number of carbonyl (C=O) groups is 1. The van der Waals surface area contributed by atoms with Gasteiger partial charge in [0.15, 0.2) is 5.82 Å². The molecule has 2 bridgehead atoms. The molecule has 7 nitrogen and oxygen atoms in total. The van der Waals surface area contributed by atoms with Crippen molar-refractivity contribution in [2.75, 3.05) is 28.2 Å². The quantitative estimate of drug-likeness (QED) is 0.692. The van der Waals surface area contributed by atoms with E-state index in [0.717, 1.165) is 36.5 Å². The van der Waals surface area contributed by atoms with Crippen LogP contribution in [-0.4, -0.2) is 40.1 Å².